The highest BCUT2D eigenvalue weighted by molar-refractivity contribution is 5.72. The van der Waals surface area contributed by atoms with E-state index in [1.165, 1.54) is 11.1 Å². The number of allylic oxidation sites excluding steroid dienone is 5. The Hall–Kier alpha value is -5.67. The van der Waals surface area contributed by atoms with E-state index in [9.17, 15) is 0 Å². The van der Waals surface area contributed by atoms with Crippen LogP contribution in [0.1, 0.15) is 12.5 Å². The molecule has 0 unspecified atom stereocenters. The summed E-state index contributed by atoms with van der Waals surface area (Å²) < 4.78 is 0. The average Bonchev–Trinajstić information content (AvgIpc) is 3.09. The fourth-order valence-electron chi connectivity index (χ4n) is 4.80. The third kappa shape index (κ3) is 6.80. The summed E-state index contributed by atoms with van der Waals surface area (Å²) in [6, 6.07) is 45.8. The molecule has 0 bridgehead atoms. The van der Waals surface area contributed by atoms with Crippen molar-refractivity contribution in [1.29, 1.82) is 0 Å². The lowest BCUT2D eigenvalue weighted by Crippen LogP contribution is -2.00. The molecule has 5 aromatic carbocycles. The molecule has 3 heteroatoms. The van der Waals surface area contributed by atoms with Crippen LogP contribution >= 0.6 is 0 Å². The average molecular weight is 554 g/mol. The minimum Gasteiger partial charge on any atom is -0.208 e. The van der Waals surface area contributed by atoms with Gasteiger partial charge in [-0.1, -0.05) is 170 Å². The first-order valence-electron chi connectivity index (χ1n) is 14.4. The van der Waals surface area contributed by atoms with Gasteiger partial charge in [-0.3, -0.25) is 0 Å². The molecule has 0 aliphatic rings. The van der Waals surface area contributed by atoms with Gasteiger partial charge in [-0.2, -0.15) is 0 Å². The molecule has 0 fully saturated rings. The van der Waals surface area contributed by atoms with Crippen molar-refractivity contribution in [1.82, 2.24) is 15.0 Å². The number of hydrogen-bond acceptors (Lipinski definition) is 3. The summed E-state index contributed by atoms with van der Waals surface area (Å²) in [4.78, 5) is 14.8. The molecular weight excluding hydrogens is 522 g/mol. The van der Waals surface area contributed by atoms with Gasteiger partial charge >= 0.3 is 0 Å². The third-order valence-electron chi connectivity index (χ3n) is 7.12. The zero-order valence-electron chi connectivity index (χ0n) is 24.0. The van der Waals surface area contributed by atoms with Crippen LogP contribution in [0.25, 0.3) is 62.5 Å². The molecule has 0 N–H and O–H groups in total. The maximum atomic E-state index is 4.94. The van der Waals surface area contributed by atoms with Gasteiger partial charge in [0.25, 0.3) is 0 Å². The van der Waals surface area contributed by atoms with Crippen molar-refractivity contribution in [2.75, 3.05) is 0 Å². The van der Waals surface area contributed by atoms with Crippen LogP contribution in [-0.4, -0.2) is 15.0 Å². The van der Waals surface area contributed by atoms with E-state index < -0.39 is 0 Å². The molecular formula is C40H31N3. The lowest BCUT2D eigenvalue weighted by Gasteiger charge is -2.10. The molecule has 3 nitrogen and oxygen atoms in total. The number of nitrogens with zero attached hydrogens (tertiary/aromatic N) is 3. The first-order valence-corrected chi connectivity index (χ1v) is 14.4. The van der Waals surface area contributed by atoms with Gasteiger partial charge in [-0.25, -0.2) is 15.0 Å². The van der Waals surface area contributed by atoms with Gasteiger partial charge in [0, 0.05) is 16.7 Å². The van der Waals surface area contributed by atoms with Crippen LogP contribution in [0.4, 0.5) is 0 Å². The molecule has 0 aliphatic carbocycles. The lowest BCUT2D eigenvalue weighted by atomic mass is 10.0. The number of rotatable bonds is 8. The van der Waals surface area contributed by atoms with Crippen LogP contribution in [0, 0.1) is 0 Å². The minimum atomic E-state index is 0.641. The first kappa shape index (κ1) is 27.5. The van der Waals surface area contributed by atoms with Crippen molar-refractivity contribution in [2.24, 2.45) is 0 Å². The molecule has 0 saturated heterocycles. The van der Waals surface area contributed by atoms with E-state index in [1.807, 2.05) is 49.4 Å². The molecule has 0 radical (unpaired) electrons. The van der Waals surface area contributed by atoms with E-state index >= 15 is 0 Å². The second-order valence-electron chi connectivity index (χ2n) is 10.1. The van der Waals surface area contributed by atoms with Crippen molar-refractivity contribution in [3.05, 3.63) is 169 Å². The highest BCUT2D eigenvalue weighted by atomic mass is 15.0. The number of benzene rings is 5. The van der Waals surface area contributed by atoms with Crippen LogP contribution in [-0.2, 0) is 0 Å². The summed E-state index contributed by atoms with van der Waals surface area (Å²) in [5.41, 5.74) is 8.59. The Morgan fingerprint density at radius 3 is 1.12 bits per heavy atom. The second-order valence-corrected chi connectivity index (χ2v) is 10.1. The second kappa shape index (κ2) is 13.3. The lowest BCUT2D eigenvalue weighted by molar-refractivity contribution is 1.07. The molecule has 6 rings (SSSR count). The van der Waals surface area contributed by atoms with Crippen LogP contribution in [0.5, 0.6) is 0 Å². The molecule has 0 atom stereocenters. The smallest absolute Gasteiger partial charge is 0.164 e. The van der Waals surface area contributed by atoms with E-state index in [1.54, 1.807) is 0 Å². The van der Waals surface area contributed by atoms with Crippen LogP contribution in [0.3, 0.4) is 0 Å². The summed E-state index contributed by atoms with van der Waals surface area (Å²) in [6.45, 7) is 2.00. The molecule has 1 heterocycles. The molecule has 0 aliphatic heterocycles. The first-order chi connectivity index (χ1) is 21.3. The van der Waals surface area contributed by atoms with E-state index in [2.05, 4.69) is 127 Å². The van der Waals surface area contributed by atoms with E-state index in [0.717, 1.165) is 33.4 Å². The summed E-state index contributed by atoms with van der Waals surface area (Å²) >= 11 is 0. The molecule has 1 aromatic heterocycles. The molecule has 43 heavy (non-hydrogen) atoms. The van der Waals surface area contributed by atoms with Gasteiger partial charge < -0.3 is 0 Å². The highest BCUT2D eigenvalue weighted by Gasteiger charge is 2.13. The topological polar surface area (TPSA) is 38.7 Å². The Labute approximate surface area is 253 Å². The van der Waals surface area contributed by atoms with E-state index in [0.29, 0.717) is 17.5 Å². The number of hydrogen-bond donors (Lipinski definition) is 0. The Morgan fingerprint density at radius 2 is 0.698 bits per heavy atom. The van der Waals surface area contributed by atoms with Gasteiger partial charge in [0.1, 0.15) is 0 Å². The van der Waals surface area contributed by atoms with Crippen LogP contribution < -0.4 is 0 Å². The summed E-state index contributed by atoms with van der Waals surface area (Å²) in [5.74, 6) is 1.93. The summed E-state index contributed by atoms with van der Waals surface area (Å²) in [5, 5.41) is 0. The zero-order chi connectivity index (χ0) is 29.3. The molecule has 0 spiro atoms. The summed E-state index contributed by atoms with van der Waals surface area (Å²) in [7, 11) is 0. The van der Waals surface area contributed by atoms with Crippen LogP contribution in [0.15, 0.2) is 164 Å². The van der Waals surface area contributed by atoms with Gasteiger partial charge in [-0.05, 0) is 34.7 Å². The van der Waals surface area contributed by atoms with Crippen molar-refractivity contribution >= 4 is 6.08 Å². The van der Waals surface area contributed by atoms with E-state index in [-0.39, 0.29) is 0 Å². The third-order valence-corrected chi connectivity index (χ3v) is 7.12. The molecule has 0 saturated carbocycles. The van der Waals surface area contributed by atoms with E-state index in [4.69, 9.17) is 15.0 Å². The fourth-order valence-corrected chi connectivity index (χ4v) is 4.80. The fraction of sp³-hybridized carbons (Fsp3) is 0.0250. The standard InChI is InChI=1S/C40H31N3/c1-2-3-4-5-8-13-30-18-20-35(21-19-30)38-41-39(36-26-22-33(23-27-36)31-14-9-6-10-15-31)43-40(42-38)37-28-24-34(25-29-37)32-16-11-7-12-17-32/h2-29H,1H3/b3-2-,5-4-,13-8+. The maximum Gasteiger partial charge on any atom is 0.164 e. The Kier molecular flexibility index (Phi) is 8.52. The predicted molar refractivity (Wildman–Crippen MR) is 180 cm³/mol. The monoisotopic (exact) mass is 553 g/mol. The molecule has 6 aromatic rings. The molecule has 0 amide bonds. The van der Waals surface area contributed by atoms with Crippen molar-refractivity contribution < 1.29 is 0 Å². The zero-order valence-corrected chi connectivity index (χ0v) is 24.0. The van der Waals surface area contributed by atoms with Gasteiger partial charge in [0.2, 0.25) is 0 Å². The predicted octanol–water partition coefficient (Wildman–Crippen LogP) is 10.4. The maximum absolute atomic E-state index is 4.94. The normalized spacial score (nSPS) is 11.6. The minimum absolute atomic E-state index is 0.641. The van der Waals surface area contributed by atoms with Gasteiger partial charge in [-0.15, -0.1) is 0 Å². The van der Waals surface area contributed by atoms with Gasteiger partial charge in [0.05, 0.1) is 0 Å². The molecule has 206 valence electrons. The van der Waals surface area contributed by atoms with Crippen molar-refractivity contribution in [3.63, 3.8) is 0 Å². The summed E-state index contributed by atoms with van der Waals surface area (Å²) in [6.07, 6.45) is 12.2. The van der Waals surface area contributed by atoms with Crippen molar-refractivity contribution in [3.8, 4) is 56.4 Å². The largest absolute Gasteiger partial charge is 0.208 e. The van der Waals surface area contributed by atoms with Gasteiger partial charge in [0.15, 0.2) is 17.5 Å². The highest BCUT2D eigenvalue weighted by Crippen LogP contribution is 2.28. The van der Waals surface area contributed by atoms with Crippen molar-refractivity contribution in [2.45, 2.75) is 6.92 Å². The Balaban J connectivity index is 1.36. The Bertz CT molecular complexity index is 1770. The Morgan fingerprint density at radius 1 is 0.349 bits per heavy atom. The number of aromatic nitrogens is 3. The SMILES string of the molecule is C\C=C/C=C\C=C\c1ccc(-c2nc(-c3ccc(-c4ccccc4)cc3)nc(-c3ccc(-c4ccccc4)cc3)n2)cc1. The quantitative estimate of drug-likeness (QED) is 0.176. The van der Waals surface area contributed by atoms with Crippen LogP contribution in [0.2, 0.25) is 0 Å².